The van der Waals surface area contributed by atoms with E-state index in [9.17, 15) is 4.79 Å². The van der Waals surface area contributed by atoms with Crippen LogP contribution < -0.4 is 5.32 Å². The largest absolute Gasteiger partial charge is 0.444 e. The minimum atomic E-state index is -0.363. The third-order valence-corrected chi connectivity index (χ3v) is 5.07. The number of halogens is 3. The zero-order valence-corrected chi connectivity index (χ0v) is 17.1. The molecule has 4 nitrogen and oxygen atoms in total. The Balaban J connectivity index is 1.55. The van der Waals surface area contributed by atoms with Gasteiger partial charge in [0.05, 0.1) is 21.2 Å². The monoisotopic (exact) mass is 442 g/mol. The van der Waals surface area contributed by atoms with Gasteiger partial charge in [-0.1, -0.05) is 65.1 Å². The van der Waals surface area contributed by atoms with Crippen LogP contribution in [0.15, 0.2) is 77.4 Å². The van der Waals surface area contributed by atoms with Crippen LogP contribution >= 0.6 is 34.8 Å². The molecule has 0 saturated heterocycles. The molecule has 3 aromatic carbocycles. The van der Waals surface area contributed by atoms with Crippen molar-refractivity contribution >= 4 is 46.4 Å². The van der Waals surface area contributed by atoms with Crippen molar-refractivity contribution < 1.29 is 9.21 Å². The Kier molecular flexibility index (Phi) is 5.58. The maximum Gasteiger partial charge on any atom is 0.257 e. The van der Waals surface area contributed by atoms with E-state index in [1.54, 1.807) is 36.6 Å². The SMILES string of the molecule is O=C(Nc1ccc(-c2nc(-c3ccccc3)co2)c(Cl)c1)c1ccc(Cl)cc1Cl. The first-order chi connectivity index (χ1) is 14.0. The zero-order valence-electron chi connectivity index (χ0n) is 14.8. The summed E-state index contributed by atoms with van der Waals surface area (Å²) < 4.78 is 5.59. The van der Waals surface area contributed by atoms with Crippen LogP contribution in [-0.2, 0) is 0 Å². The van der Waals surface area contributed by atoms with Gasteiger partial charge in [-0.05, 0) is 36.4 Å². The van der Waals surface area contributed by atoms with Gasteiger partial charge in [0.25, 0.3) is 5.91 Å². The van der Waals surface area contributed by atoms with Crippen molar-refractivity contribution in [1.82, 2.24) is 4.98 Å². The van der Waals surface area contributed by atoms with Crippen molar-refractivity contribution in [2.75, 3.05) is 5.32 Å². The van der Waals surface area contributed by atoms with E-state index in [4.69, 9.17) is 39.2 Å². The highest BCUT2D eigenvalue weighted by Crippen LogP contribution is 2.32. The lowest BCUT2D eigenvalue weighted by molar-refractivity contribution is 0.102. The number of aromatic nitrogens is 1. The van der Waals surface area contributed by atoms with Crippen LogP contribution in [0.1, 0.15) is 10.4 Å². The molecular formula is C22H13Cl3N2O2. The van der Waals surface area contributed by atoms with Gasteiger partial charge in [0.15, 0.2) is 0 Å². The van der Waals surface area contributed by atoms with Gasteiger partial charge in [-0.3, -0.25) is 4.79 Å². The Morgan fingerprint density at radius 3 is 2.41 bits per heavy atom. The molecule has 0 radical (unpaired) electrons. The molecule has 144 valence electrons. The average molecular weight is 444 g/mol. The first-order valence-corrected chi connectivity index (χ1v) is 9.72. The summed E-state index contributed by atoms with van der Waals surface area (Å²) in [5.74, 6) is 0.0328. The molecule has 1 N–H and O–H groups in total. The molecular weight excluding hydrogens is 431 g/mol. The van der Waals surface area contributed by atoms with Crippen molar-refractivity contribution in [1.29, 1.82) is 0 Å². The van der Waals surface area contributed by atoms with Crippen LogP contribution in [0.2, 0.25) is 15.1 Å². The Morgan fingerprint density at radius 2 is 1.69 bits per heavy atom. The Labute approximate surface area is 182 Å². The summed E-state index contributed by atoms with van der Waals surface area (Å²) in [4.78, 5) is 17.0. The molecule has 7 heteroatoms. The highest BCUT2D eigenvalue weighted by atomic mass is 35.5. The summed E-state index contributed by atoms with van der Waals surface area (Å²) in [7, 11) is 0. The molecule has 29 heavy (non-hydrogen) atoms. The maximum atomic E-state index is 12.5. The van der Waals surface area contributed by atoms with Gasteiger partial charge in [-0.15, -0.1) is 0 Å². The third-order valence-electron chi connectivity index (χ3n) is 4.21. The fraction of sp³-hybridized carbons (Fsp3) is 0. The molecule has 1 amide bonds. The summed E-state index contributed by atoms with van der Waals surface area (Å²) >= 11 is 18.4. The van der Waals surface area contributed by atoms with Crippen molar-refractivity contribution in [3.63, 3.8) is 0 Å². The van der Waals surface area contributed by atoms with Crippen LogP contribution in [0.5, 0.6) is 0 Å². The fourth-order valence-electron chi connectivity index (χ4n) is 2.78. The van der Waals surface area contributed by atoms with Gasteiger partial charge in [0.2, 0.25) is 5.89 Å². The molecule has 1 heterocycles. The van der Waals surface area contributed by atoms with Gasteiger partial charge >= 0.3 is 0 Å². The number of amides is 1. The number of anilines is 1. The number of hydrogen-bond acceptors (Lipinski definition) is 3. The summed E-state index contributed by atoms with van der Waals surface area (Å²) in [5, 5.41) is 3.89. The molecule has 4 rings (SSSR count). The van der Waals surface area contributed by atoms with Crippen molar-refractivity contribution in [3.8, 4) is 22.7 Å². The third kappa shape index (κ3) is 4.30. The molecule has 4 aromatic rings. The summed E-state index contributed by atoms with van der Waals surface area (Å²) in [6.07, 6.45) is 1.58. The standard InChI is InChI=1S/C22H13Cl3N2O2/c23-14-6-8-16(18(24)10-14)21(28)26-15-7-9-17(19(25)11-15)22-27-20(12-29-22)13-4-2-1-3-5-13/h1-12H,(H,26,28). The van der Waals surface area contributed by atoms with E-state index in [1.807, 2.05) is 30.3 Å². The quantitative estimate of drug-likeness (QED) is 0.362. The van der Waals surface area contributed by atoms with Crippen LogP contribution in [0.3, 0.4) is 0 Å². The highest BCUT2D eigenvalue weighted by Gasteiger charge is 2.15. The molecule has 0 aliphatic carbocycles. The Bertz CT molecular complexity index is 1190. The fourth-order valence-corrected chi connectivity index (χ4v) is 3.53. The molecule has 0 aliphatic rings. The lowest BCUT2D eigenvalue weighted by atomic mass is 10.1. The van der Waals surface area contributed by atoms with Gasteiger partial charge in [0.1, 0.15) is 12.0 Å². The van der Waals surface area contributed by atoms with Gasteiger partial charge < -0.3 is 9.73 Å². The maximum absolute atomic E-state index is 12.5. The minimum Gasteiger partial charge on any atom is -0.444 e. The number of benzene rings is 3. The van der Waals surface area contributed by atoms with Crippen LogP contribution in [0.4, 0.5) is 5.69 Å². The second-order valence-corrected chi connectivity index (χ2v) is 7.43. The molecule has 0 aliphatic heterocycles. The van der Waals surface area contributed by atoms with Gasteiger partial charge in [-0.25, -0.2) is 4.98 Å². The van der Waals surface area contributed by atoms with Crippen LogP contribution in [0, 0.1) is 0 Å². The number of carbonyl (C=O) groups excluding carboxylic acids is 1. The minimum absolute atomic E-state index is 0.269. The first-order valence-electron chi connectivity index (χ1n) is 8.58. The van der Waals surface area contributed by atoms with Crippen LogP contribution in [0.25, 0.3) is 22.7 Å². The zero-order chi connectivity index (χ0) is 20.4. The molecule has 0 bridgehead atoms. The number of oxazole rings is 1. The summed E-state index contributed by atoms with van der Waals surface area (Å²) in [5.41, 5.74) is 3.12. The Hall–Kier alpha value is -2.79. The highest BCUT2D eigenvalue weighted by molar-refractivity contribution is 6.37. The van der Waals surface area contributed by atoms with E-state index in [1.165, 1.54) is 6.07 Å². The van der Waals surface area contributed by atoms with E-state index in [0.29, 0.717) is 38.4 Å². The van der Waals surface area contributed by atoms with Crippen molar-refractivity contribution in [2.24, 2.45) is 0 Å². The van der Waals surface area contributed by atoms with Crippen LogP contribution in [-0.4, -0.2) is 10.9 Å². The van der Waals surface area contributed by atoms with Gasteiger partial charge in [-0.2, -0.15) is 0 Å². The normalized spacial score (nSPS) is 10.7. The first kappa shape index (κ1) is 19.5. The number of rotatable bonds is 4. The smallest absolute Gasteiger partial charge is 0.257 e. The molecule has 0 fully saturated rings. The second kappa shape index (κ2) is 8.29. The van der Waals surface area contributed by atoms with Crippen molar-refractivity contribution in [3.05, 3.63) is 93.6 Å². The predicted octanol–water partition coefficient (Wildman–Crippen LogP) is 7.22. The van der Waals surface area contributed by atoms with E-state index in [0.717, 1.165) is 5.56 Å². The topological polar surface area (TPSA) is 55.1 Å². The predicted molar refractivity (Wildman–Crippen MR) is 117 cm³/mol. The van der Waals surface area contributed by atoms with E-state index in [2.05, 4.69) is 10.3 Å². The van der Waals surface area contributed by atoms with Crippen molar-refractivity contribution in [2.45, 2.75) is 0 Å². The number of carbonyl (C=O) groups is 1. The molecule has 0 saturated carbocycles. The molecule has 1 aromatic heterocycles. The Morgan fingerprint density at radius 1 is 0.897 bits per heavy atom. The number of nitrogens with one attached hydrogen (secondary N) is 1. The molecule has 0 spiro atoms. The summed E-state index contributed by atoms with van der Waals surface area (Å²) in [6.45, 7) is 0. The molecule has 0 unspecified atom stereocenters. The van der Waals surface area contributed by atoms with Gasteiger partial charge in [0, 0.05) is 16.3 Å². The molecule has 0 atom stereocenters. The summed E-state index contributed by atoms with van der Waals surface area (Å²) in [6, 6.07) is 19.5. The van der Waals surface area contributed by atoms with E-state index < -0.39 is 0 Å². The van der Waals surface area contributed by atoms with E-state index >= 15 is 0 Å². The average Bonchev–Trinajstić information content (AvgIpc) is 3.18. The lowest BCUT2D eigenvalue weighted by Gasteiger charge is -2.08. The number of nitrogens with zero attached hydrogens (tertiary/aromatic N) is 1. The lowest BCUT2D eigenvalue weighted by Crippen LogP contribution is -2.12. The second-order valence-electron chi connectivity index (χ2n) is 6.18. The number of hydrogen-bond donors (Lipinski definition) is 1. The van der Waals surface area contributed by atoms with E-state index in [-0.39, 0.29) is 10.9 Å².